The van der Waals surface area contributed by atoms with Crippen molar-refractivity contribution < 1.29 is 114 Å². The highest BCUT2D eigenvalue weighted by Gasteiger charge is 2.59. The van der Waals surface area contributed by atoms with Crippen LogP contribution in [0.1, 0.15) is 69.2 Å². The van der Waals surface area contributed by atoms with E-state index >= 15 is 0 Å². The molecule has 0 aromatic heterocycles. The Hall–Kier alpha value is -5.01. The van der Waals surface area contributed by atoms with Gasteiger partial charge in [0.1, 0.15) is 31.5 Å². The van der Waals surface area contributed by atoms with Crippen molar-refractivity contribution in [2.75, 3.05) is 20.3 Å². The van der Waals surface area contributed by atoms with E-state index in [1.54, 1.807) is 0 Å². The van der Waals surface area contributed by atoms with Crippen LogP contribution < -0.4 is 0 Å². The third-order valence-electron chi connectivity index (χ3n) is 8.74. The van der Waals surface area contributed by atoms with Crippen LogP contribution >= 0.6 is 0 Å². The molecular formula is C37H52O24. The van der Waals surface area contributed by atoms with Crippen LogP contribution in [0.2, 0.25) is 0 Å². The summed E-state index contributed by atoms with van der Waals surface area (Å²) in [6, 6.07) is 0. The van der Waals surface area contributed by atoms with Gasteiger partial charge in [0.2, 0.25) is 0 Å². The number of carbonyl (C=O) groups is 9. The van der Waals surface area contributed by atoms with Crippen LogP contribution in [0.4, 0.5) is 0 Å². The van der Waals surface area contributed by atoms with Gasteiger partial charge in [0.15, 0.2) is 67.7 Å². The molecule has 3 aliphatic rings. The monoisotopic (exact) mass is 880 g/mol. The van der Waals surface area contributed by atoms with E-state index in [1.807, 2.05) is 0 Å². The molecule has 3 rings (SSSR count). The van der Waals surface area contributed by atoms with Gasteiger partial charge in [-0.2, -0.15) is 0 Å². The Morgan fingerprint density at radius 2 is 0.672 bits per heavy atom. The predicted octanol–water partition coefficient (Wildman–Crippen LogP) is -0.754. The van der Waals surface area contributed by atoms with E-state index in [-0.39, 0.29) is 0 Å². The zero-order valence-corrected chi connectivity index (χ0v) is 35.4. The van der Waals surface area contributed by atoms with Crippen LogP contribution in [0.3, 0.4) is 0 Å². The summed E-state index contributed by atoms with van der Waals surface area (Å²) in [6.07, 6.45) is -24.6. The van der Waals surface area contributed by atoms with Crippen molar-refractivity contribution in [3.63, 3.8) is 0 Å². The van der Waals surface area contributed by atoms with Crippen LogP contribution in [0, 0.1) is 0 Å². The van der Waals surface area contributed by atoms with Crippen LogP contribution in [0.5, 0.6) is 0 Å². The van der Waals surface area contributed by atoms with Gasteiger partial charge in [-0.05, 0) is 6.92 Å². The molecular weight excluding hydrogens is 828 g/mol. The fourth-order valence-corrected chi connectivity index (χ4v) is 6.72. The molecule has 0 radical (unpaired) electrons. The Labute approximate surface area is 349 Å². The second-order valence-corrected chi connectivity index (χ2v) is 13.9. The number of hydrogen-bond donors (Lipinski definition) is 0. The lowest BCUT2D eigenvalue weighted by Gasteiger charge is -2.50. The summed E-state index contributed by atoms with van der Waals surface area (Å²) in [4.78, 5) is 112. The predicted molar refractivity (Wildman–Crippen MR) is 191 cm³/mol. The highest BCUT2D eigenvalue weighted by Crippen LogP contribution is 2.38. The molecule has 61 heavy (non-hydrogen) atoms. The quantitative estimate of drug-likeness (QED) is 0.136. The third kappa shape index (κ3) is 14.6. The lowest BCUT2D eigenvalue weighted by atomic mass is 9.95. The molecule has 24 nitrogen and oxygen atoms in total. The highest BCUT2D eigenvalue weighted by molar-refractivity contribution is 5.70. The summed E-state index contributed by atoms with van der Waals surface area (Å²) in [5.41, 5.74) is 0. The van der Waals surface area contributed by atoms with Crippen molar-refractivity contribution in [1.29, 1.82) is 0 Å². The van der Waals surface area contributed by atoms with E-state index < -0.39 is 159 Å². The summed E-state index contributed by atoms with van der Waals surface area (Å²) in [5, 5.41) is 0. The first-order valence-electron chi connectivity index (χ1n) is 18.8. The fourth-order valence-electron chi connectivity index (χ4n) is 6.72. The highest BCUT2D eigenvalue weighted by atomic mass is 16.8. The molecule has 3 saturated heterocycles. The minimum atomic E-state index is -1.99. The smallest absolute Gasteiger partial charge is 0.303 e. The Morgan fingerprint density at radius 1 is 0.361 bits per heavy atom. The Bertz CT molecular complexity index is 1610. The summed E-state index contributed by atoms with van der Waals surface area (Å²) >= 11 is 0. The number of esters is 9. The van der Waals surface area contributed by atoms with E-state index in [1.165, 1.54) is 14.0 Å². The molecule has 0 N–H and O–H groups in total. The van der Waals surface area contributed by atoms with Crippen LogP contribution in [0.15, 0.2) is 0 Å². The van der Waals surface area contributed by atoms with Gasteiger partial charge < -0.3 is 71.1 Å². The third-order valence-corrected chi connectivity index (χ3v) is 8.74. The number of carbonyl (C=O) groups excluding carboxylic acids is 9. The molecule has 0 amide bonds. The molecule has 0 aliphatic carbocycles. The topological polar surface area (TPSA) is 292 Å². The van der Waals surface area contributed by atoms with Gasteiger partial charge in [0.25, 0.3) is 0 Å². The Morgan fingerprint density at radius 3 is 1.08 bits per heavy atom. The molecule has 0 aromatic carbocycles. The van der Waals surface area contributed by atoms with Gasteiger partial charge in [-0.1, -0.05) is 0 Å². The molecule has 24 heteroatoms. The van der Waals surface area contributed by atoms with Gasteiger partial charge in [0, 0.05) is 69.4 Å². The molecule has 3 fully saturated rings. The summed E-state index contributed by atoms with van der Waals surface area (Å²) in [6.45, 7) is 9.50. The first kappa shape index (κ1) is 50.3. The summed E-state index contributed by atoms with van der Waals surface area (Å²) < 4.78 is 85.8. The zero-order chi connectivity index (χ0) is 45.9. The lowest BCUT2D eigenvalue weighted by Crippen LogP contribution is -2.69. The Balaban J connectivity index is 2.34. The molecule has 15 atom stereocenters. The van der Waals surface area contributed by atoms with Crippen molar-refractivity contribution in [2.45, 2.75) is 161 Å². The van der Waals surface area contributed by atoms with Crippen molar-refractivity contribution in [3.05, 3.63) is 0 Å². The second kappa shape index (κ2) is 22.7. The van der Waals surface area contributed by atoms with Crippen molar-refractivity contribution >= 4 is 53.7 Å². The van der Waals surface area contributed by atoms with Crippen LogP contribution in [-0.2, 0) is 114 Å². The number of rotatable bonds is 16. The van der Waals surface area contributed by atoms with Crippen molar-refractivity contribution in [2.24, 2.45) is 0 Å². The molecule has 0 bridgehead atoms. The molecule has 3 heterocycles. The fraction of sp³-hybridized carbons (Fsp3) is 0.757. The van der Waals surface area contributed by atoms with E-state index in [2.05, 4.69) is 0 Å². The van der Waals surface area contributed by atoms with Gasteiger partial charge in [0.05, 0.1) is 6.10 Å². The van der Waals surface area contributed by atoms with E-state index in [0.717, 1.165) is 62.3 Å². The number of methoxy groups -OCH3 is 1. The minimum Gasteiger partial charge on any atom is -0.463 e. The van der Waals surface area contributed by atoms with Crippen molar-refractivity contribution in [3.8, 4) is 0 Å². The molecule has 344 valence electrons. The largest absolute Gasteiger partial charge is 0.463 e. The van der Waals surface area contributed by atoms with E-state index in [0.29, 0.717) is 0 Å². The summed E-state index contributed by atoms with van der Waals surface area (Å²) in [5.74, 6) is -8.03. The normalized spacial score (nSPS) is 33.4. The molecule has 0 spiro atoms. The molecule has 0 aromatic rings. The maximum Gasteiger partial charge on any atom is 0.303 e. The maximum absolute atomic E-state index is 12.8. The number of ether oxygens (including phenoxy) is 15. The number of hydrogen-bond acceptors (Lipinski definition) is 24. The molecule has 0 unspecified atom stereocenters. The Kier molecular flexibility index (Phi) is 18.8. The standard InChI is InChI=1S/C37H52O24/c1-14-26(51-17(4)40)29(54-20(7)43)33(57-23(10)46)36(50-14)61-34-30(55-21(8)44)27(52-18(5)41)25(13-49-16(3)39)59-37(34)60-31-28(53-19(6)42)24(12-48-15(2)38)58-35(47-11)32(31)56-22(9)45/h14,24-37H,12-13H2,1-11H3/t14-,24+,25+,26+,27-,28-,29+,30-,31-,32+,33-,34+,35-,36-,37-/m0/s1. The lowest BCUT2D eigenvalue weighted by molar-refractivity contribution is -0.387. The van der Waals surface area contributed by atoms with Crippen LogP contribution in [-0.4, -0.2) is 166 Å². The minimum absolute atomic E-state index is 0.566. The second-order valence-electron chi connectivity index (χ2n) is 13.9. The summed E-state index contributed by atoms with van der Waals surface area (Å²) in [7, 11) is 1.17. The average molecular weight is 881 g/mol. The molecule has 0 saturated carbocycles. The van der Waals surface area contributed by atoms with Gasteiger partial charge in [-0.15, -0.1) is 0 Å². The average Bonchev–Trinajstić information content (AvgIpc) is 3.12. The van der Waals surface area contributed by atoms with E-state index in [9.17, 15) is 43.2 Å². The van der Waals surface area contributed by atoms with Crippen LogP contribution in [0.25, 0.3) is 0 Å². The first-order valence-corrected chi connectivity index (χ1v) is 18.8. The zero-order valence-electron chi connectivity index (χ0n) is 35.4. The first-order chi connectivity index (χ1) is 28.5. The molecule has 3 aliphatic heterocycles. The SMILES string of the molecule is CO[C@H]1O[C@H](COC(C)=O)[C@H](OC(C)=O)[C@H](O[C@@H]2O[C@H](COC(C)=O)[C@H](OC(C)=O)[C@H](OC(C)=O)[C@H]2O[C@@H]2O[C@@H](C)[C@@H](OC(C)=O)[C@@H](OC(C)=O)[C@@H]2OC(C)=O)[C@H]1OC(C)=O. The maximum atomic E-state index is 12.8. The van der Waals surface area contributed by atoms with Gasteiger partial charge in [-0.25, -0.2) is 0 Å². The van der Waals surface area contributed by atoms with Gasteiger partial charge >= 0.3 is 53.7 Å². The van der Waals surface area contributed by atoms with Crippen molar-refractivity contribution in [1.82, 2.24) is 0 Å². The van der Waals surface area contributed by atoms with Gasteiger partial charge in [-0.3, -0.25) is 43.2 Å². The van der Waals surface area contributed by atoms with E-state index in [4.69, 9.17) is 71.1 Å².